The number of esters is 1. The summed E-state index contributed by atoms with van der Waals surface area (Å²) in [7, 11) is 1.40. The van der Waals surface area contributed by atoms with Gasteiger partial charge in [-0.25, -0.2) is 4.79 Å². The van der Waals surface area contributed by atoms with Crippen molar-refractivity contribution >= 4 is 23.2 Å². The number of ether oxygens (including phenoxy) is 1. The summed E-state index contributed by atoms with van der Waals surface area (Å²) >= 11 is 0. The molecular weight excluding hydrogens is 320 g/mol. The van der Waals surface area contributed by atoms with Gasteiger partial charge in [0.25, 0.3) is 0 Å². The summed E-state index contributed by atoms with van der Waals surface area (Å²) in [5.41, 5.74) is 9.38. The second-order valence-corrected chi connectivity index (χ2v) is 7.14. The third-order valence-corrected chi connectivity index (χ3v) is 4.91. The van der Waals surface area contributed by atoms with E-state index in [1.54, 1.807) is 12.1 Å². The van der Waals surface area contributed by atoms with Gasteiger partial charge in [0, 0.05) is 29.2 Å². The number of methoxy groups -OCH3 is 1. The fourth-order valence-electron chi connectivity index (χ4n) is 3.37. The molecule has 1 aliphatic carbocycles. The van der Waals surface area contributed by atoms with Gasteiger partial charge in [0.15, 0.2) is 0 Å². The zero-order chi connectivity index (χ0) is 18.8. The van der Waals surface area contributed by atoms with Crippen LogP contribution in [-0.2, 0) is 4.74 Å². The van der Waals surface area contributed by atoms with Crippen molar-refractivity contribution in [2.24, 2.45) is 0 Å². The van der Waals surface area contributed by atoms with Crippen LogP contribution >= 0.6 is 0 Å². The van der Waals surface area contributed by atoms with Crippen molar-refractivity contribution in [2.45, 2.75) is 33.6 Å². The molecule has 0 amide bonds. The Bertz CT molecular complexity index is 920. The van der Waals surface area contributed by atoms with Crippen molar-refractivity contribution in [3.05, 3.63) is 81.9 Å². The highest BCUT2D eigenvalue weighted by Crippen LogP contribution is 2.38. The molecule has 3 rings (SSSR count). The normalized spacial score (nSPS) is 14.4. The monoisotopic (exact) mass is 345 g/mol. The molecule has 0 bridgehead atoms. The Kier molecular flexibility index (Phi) is 5.03. The lowest BCUT2D eigenvalue weighted by molar-refractivity contribution is 0.0600. The highest BCUT2D eigenvalue weighted by Gasteiger charge is 2.24. The molecule has 2 nitrogen and oxygen atoms in total. The van der Waals surface area contributed by atoms with E-state index in [2.05, 4.69) is 58.0 Å². The molecule has 0 unspecified atom stereocenters. The number of aryl methyl sites for hydroxylation is 1. The van der Waals surface area contributed by atoms with Gasteiger partial charge >= 0.3 is 5.97 Å². The number of hydrogen-bond donors (Lipinski definition) is 0. The van der Waals surface area contributed by atoms with Gasteiger partial charge in [-0.3, -0.25) is 0 Å². The highest BCUT2D eigenvalue weighted by molar-refractivity contribution is 6.02. The van der Waals surface area contributed by atoms with Gasteiger partial charge in [-0.1, -0.05) is 12.1 Å². The van der Waals surface area contributed by atoms with Gasteiger partial charge < -0.3 is 4.74 Å². The molecule has 0 atom stereocenters. The average molecular weight is 345 g/mol. The molecule has 0 saturated heterocycles. The summed E-state index contributed by atoms with van der Waals surface area (Å²) in [6, 6.07) is 14.3. The maximum atomic E-state index is 11.6. The fraction of sp³-hybridized carbons (Fsp3) is 0.250. The van der Waals surface area contributed by atoms with Gasteiger partial charge in [0.2, 0.25) is 0 Å². The van der Waals surface area contributed by atoms with Crippen LogP contribution in [0.2, 0.25) is 0 Å². The summed E-state index contributed by atoms with van der Waals surface area (Å²) in [6.07, 6.45) is 4.43. The van der Waals surface area contributed by atoms with E-state index in [4.69, 9.17) is 4.74 Å². The van der Waals surface area contributed by atoms with Crippen LogP contribution in [0.3, 0.4) is 0 Å². The van der Waals surface area contributed by atoms with Crippen molar-refractivity contribution < 1.29 is 9.53 Å². The van der Waals surface area contributed by atoms with Crippen LogP contribution in [-0.4, -0.2) is 13.1 Å². The maximum absolute atomic E-state index is 11.6. The topological polar surface area (TPSA) is 26.3 Å². The van der Waals surface area contributed by atoms with E-state index in [0.29, 0.717) is 11.5 Å². The standard InChI is InChI=1S/C24H25O2/c1-15(2)20-9-6-16(3)23-21(12-17(4)22(23)14-20)13-18-7-10-19(11-8-18)24(25)26-5/h6-15H,1-5H3/q+1/b21-13+. The van der Waals surface area contributed by atoms with E-state index in [9.17, 15) is 4.79 Å². The van der Waals surface area contributed by atoms with Gasteiger partial charge in [0.1, 0.15) is 0 Å². The van der Waals surface area contributed by atoms with Crippen molar-refractivity contribution in [3.8, 4) is 0 Å². The lowest BCUT2D eigenvalue weighted by atomic mass is 9.99. The van der Waals surface area contributed by atoms with Gasteiger partial charge in [0.05, 0.1) is 35.4 Å². The molecule has 26 heavy (non-hydrogen) atoms. The van der Waals surface area contributed by atoms with Crippen LogP contribution in [0.4, 0.5) is 0 Å². The Morgan fingerprint density at radius 2 is 1.85 bits per heavy atom. The predicted molar refractivity (Wildman–Crippen MR) is 109 cm³/mol. The number of benzene rings is 1. The Morgan fingerprint density at radius 3 is 2.46 bits per heavy atom. The van der Waals surface area contributed by atoms with Crippen LogP contribution in [0, 0.1) is 6.92 Å². The van der Waals surface area contributed by atoms with Crippen molar-refractivity contribution in [1.82, 2.24) is 0 Å². The van der Waals surface area contributed by atoms with E-state index in [1.807, 2.05) is 12.1 Å². The first-order valence-electron chi connectivity index (χ1n) is 8.97. The molecular formula is C24H25O2+. The summed E-state index contributed by atoms with van der Waals surface area (Å²) in [6.45, 7) is 8.79. The molecule has 2 aromatic rings. The Morgan fingerprint density at radius 1 is 1.15 bits per heavy atom. The second-order valence-electron chi connectivity index (χ2n) is 7.14. The van der Waals surface area contributed by atoms with Crippen molar-refractivity contribution in [1.29, 1.82) is 0 Å². The third-order valence-electron chi connectivity index (χ3n) is 4.91. The lowest BCUT2D eigenvalue weighted by Crippen LogP contribution is -2.00. The molecule has 2 aromatic carbocycles. The highest BCUT2D eigenvalue weighted by atomic mass is 16.5. The van der Waals surface area contributed by atoms with E-state index >= 15 is 0 Å². The minimum Gasteiger partial charge on any atom is -0.465 e. The average Bonchev–Trinajstić information content (AvgIpc) is 2.81. The van der Waals surface area contributed by atoms with Gasteiger partial charge in [-0.05, 0) is 63.1 Å². The molecule has 2 heteroatoms. The minimum atomic E-state index is -0.310. The Balaban J connectivity index is 2.06. The number of carbonyl (C=O) groups excluding carboxylic acids is 1. The van der Waals surface area contributed by atoms with Crippen molar-refractivity contribution in [2.75, 3.05) is 7.11 Å². The lowest BCUT2D eigenvalue weighted by Gasteiger charge is -2.01. The molecule has 0 spiro atoms. The number of hydrogen-bond acceptors (Lipinski definition) is 2. The number of rotatable bonds is 3. The van der Waals surface area contributed by atoms with E-state index in [1.165, 1.54) is 40.5 Å². The maximum Gasteiger partial charge on any atom is 0.337 e. The van der Waals surface area contributed by atoms with Crippen LogP contribution < -0.4 is 0 Å². The molecule has 0 fully saturated rings. The third kappa shape index (κ3) is 3.45. The summed E-state index contributed by atoms with van der Waals surface area (Å²) < 4.78 is 4.76. The number of carbonyl (C=O) groups is 1. The van der Waals surface area contributed by atoms with Crippen molar-refractivity contribution in [3.63, 3.8) is 0 Å². The van der Waals surface area contributed by atoms with E-state index in [-0.39, 0.29) is 5.97 Å². The van der Waals surface area contributed by atoms with E-state index in [0.717, 1.165) is 5.56 Å². The number of fused-ring (bicyclic) bond motifs is 1. The first kappa shape index (κ1) is 18.1. The zero-order valence-electron chi connectivity index (χ0n) is 16.1. The zero-order valence-corrected chi connectivity index (χ0v) is 16.1. The van der Waals surface area contributed by atoms with Crippen LogP contribution in [0.5, 0.6) is 0 Å². The molecule has 132 valence electrons. The molecule has 1 aliphatic rings. The molecule has 0 heterocycles. The quantitative estimate of drug-likeness (QED) is 0.493. The second kappa shape index (κ2) is 7.25. The summed E-state index contributed by atoms with van der Waals surface area (Å²) in [4.78, 5) is 11.6. The minimum absolute atomic E-state index is 0.310. The predicted octanol–water partition coefficient (Wildman–Crippen LogP) is 6.14. The van der Waals surface area contributed by atoms with Gasteiger partial charge in [-0.15, -0.1) is 0 Å². The van der Waals surface area contributed by atoms with Crippen LogP contribution in [0.1, 0.15) is 64.9 Å². The molecule has 0 aromatic heterocycles. The molecule has 0 radical (unpaired) electrons. The fourth-order valence-corrected chi connectivity index (χ4v) is 3.37. The number of allylic oxidation sites excluding steroid dienone is 3. The first-order valence-corrected chi connectivity index (χ1v) is 8.97. The Hall–Kier alpha value is -2.74. The van der Waals surface area contributed by atoms with Gasteiger partial charge in [-0.2, -0.15) is 0 Å². The molecule has 0 aliphatic heterocycles. The molecule has 0 N–H and O–H groups in total. The van der Waals surface area contributed by atoms with Crippen LogP contribution in [0.15, 0.2) is 48.5 Å². The summed E-state index contributed by atoms with van der Waals surface area (Å²) in [5, 5.41) is 0. The van der Waals surface area contributed by atoms with Crippen LogP contribution in [0.25, 0.3) is 17.2 Å². The van der Waals surface area contributed by atoms with E-state index < -0.39 is 0 Å². The summed E-state index contributed by atoms with van der Waals surface area (Å²) in [5.74, 6) is 0.188. The largest absolute Gasteiger partial charge is 0.465 e. The SMILES string of the molecule is COC(=O)c1ccc(/C=C2\C=C(C)c3cc(C(C)C)c[cH+]c(C)c32)cc1. The smallest absolute Gasteiger partial charge is 0.337 e. The first-order chi connectivity index (χ1) is 12.4. The molecule has 0 saturated carbocycles. The Labute approximate surface area is 155 Å².